The molecule has 1 N–H and O–H groups in total. The fourth-order valence-electron chi connectivity index (χ4n) is 5.38. The summed E-state index contributed by atoms with van der Waals surface area (Å²) in [7, 11) is -2.11. The number of nitrogens with zero attached hydrogens (tertiary/aromatic N) is 2. The number of benzene rings is 3. The van der Waals surface area contributed by atoms with Crippen molar-refractivity contribution in [1.29, 1.82) is 0 Å². The second kappa shape index (κ2) is 15.7. The molecule has 0 saturated heterocycles. The van der Waals surface area contributed by atoms with Crippen molar-refractivity contribution < 1.29 is 14.6 Å². The largest absolute Gasteiger partial charge is 0.415 e. The van der Waals surface area contributed by atoms with Crippen LogP contribution in [0.15, 0.2) is 108 Å². The predicted molar refractivity (Wildman–Crippen MR) is 176 cm³/mol. The summed E-state index contributed by atoms with van der Waals surface area (Å²) >= 11 is 0. The van der Waals surface area contributed by atoms with Crippen molar-refractivity contribution in [1.82, 2.24) is 9.80 Å². The monoisotopic (exact) mass is 584 g/mol. The van der Waals surface area contributed by atoms with Gasteiger partial charge in [0.2, 0.25) is 0 Å². The molecule has 3 aromatic rings. The number of amides is 1. The number of aliphatic hydroxyl groups is 1. The lowest BCUT2D eigenvalue weighted by molar-refractivity contribution is 0.0638. The molecule has 3 aromatic carbocycles. The molecule has 0 heterocycles. The van der Waals surface area contributed by atoms with E-state index in [1.807, 2.05) is 58.0 Å². The normalized spacial score (nSPS) is 13.0. The summed E-state index contributed by atoms with van der Waals surface area (Å²) in [6.45, 7) is 15.8. The third kappa shape index (κ3) is 9.85. The molecule has 0 saturated carbocycles. The molecule has 0 fully saturated rings. The Hall–Kier alpha value is -3.41. The third-order valence-electron chi connectivity index (χ3n) is 7.38. The molecule has 0 aliphatic carbocycles. The lowest BCUT2D eigenvalue weighted by Gasteiger charge is -2.38. The highest BCUT2D eigenvalue weighted by atomic mass is 28.3. The van der Waals surface area contributed by atoms with Crippen LogP contribution in [0, 0.1) is 0 Å². The molecule has 2 atom stereocenters. The lowest BCUT2D eigenvalue weighted by atomic mass is 9.97. The Kier molecular flexibility index (Phi) is 12.4. The molecule has 0 bridgehead atoms. The van der Waals surface area contributed by atoms with Crippen LogP contribution < -0.4 is 0 Å². The molecule has 0 radical (unpaired) electrons. The molecule has 5 nitrogen and oxygen atoms in total. The molecule has 0 spiro atoms. The molecule has 42 heavy (non-hydrogen) atoms. The van der Waals surface area contributed by atoms with Gasteiger partial charge in [0.05, 0.1) is 14.2 Å². The molecule has 0 aliphatic rings. The van der Waals surface area contributed by atoms with Crippen LogP contribution in [0.3, 0.4) is 0 Å². The van der Waals surface area contributed by atoms with Gasteiger partial charge < -0.3 is 14.7 Å². The van der Waals surface area contributed by atoms with Crippen LogP contribution in [-0.2, 0) is 24.2 Å². The quantitative estimate of drug-likeness (QED) is 0.126. The van der Waals surface area contributed by atoms with E-state index >= 15 is 0 Å². The second-order valence-electron chi connectivity index (χ2n) is 12.5. The number of hydrogen-bond acceptors (Lipinski definition) is 4. The van der Waals surface area contributed by atoms with Gasteiger partial charge >= 0.3 is 6.09 Å². The summed E-state index contributed by atoms with van der Waals surface area (Å²) in [6.07, 6.45) is 0.791. The number of aliphatic hydroxyl groups excluding tert-OH is 1. The SMILES string of the molecule is CC(C)N(C(=O)OC=C=C([C@H](O)[C@H](Cc1ccccc1)N(Cc1ccccc1)Cc1ccccc1)[Si](C)(C)C)C(C)C. The maximum Gasteiger partial charge on any atom is 0.415 e. The van der Waals surface area contributed by atoms with E-state index in [0.29, 0.717) is 19.5 Å². The minimum absolute atomic E-state index is 0.0108. The number of carbonyl (C=O) groups excluding carboxylic acids is 1. The van der Waals surface area contributed by atoms with Crippen molar-refractivity contribution in [3.8, 4) is 0 Å². The Labute approximate surface area is 254 Å². The summed E-state index contributed by atoms with van der Waals surface area (Å²) in [5.74, 6) is 0. The van der Waals surface area contributed by atoms with E-state index in [2.05, 4.69) is 90.9 Å². The van der Waals surface area contributed by atoms with Gasteiger partial charge in [-0.2, -0.15) is 0 Å². The second-order valence-corrected chi connectivity index (χ2v) is 17.5. The maximum atomic E-state index is 12.9. The van der Waals surface area contributed by atoms with Crippen LogP contribution in [0.4, 0.5) is 4.79 Å². The van der Waals surface area contributed by atoms with E-state index in [1.54, 1.807) is 4.90 Å². The zero-order valence-electron chi connectivity index (χ0n) is 26.3. The van der Waals surface area contributed by atoms with Gasteiger partial charge in [0, 0.05) is 31.2 Å². The van der Waals surface area contributed by atoms with Gasteiger partial charge in [-0.05, 0) is 56.0 Å². The van der Waals surface area contributed by atoms with Gasteiger partial charge in [-0.1, -0.05) is 116 Å². The van der Waals surface area contributed by atoms with E-state index in [-0.39, 0.29) is 18.1 Å². The summed E-state index contributed by atoms with van der Waals surface area (Å²) < 4.78 is 5.58. The van der Waals surface area contributed by atoms with Crippen molar-refractivity contribution >= 4 is 14.2 Å². The van der Waals surface area contributed by atoms with Crippen molar-refractivity contribution in [2.45, 2.75) is 91.1 Å². The van der Waals surface area contributed by atoms with Crippen LogP contribution in [0.1, 0.15) is 44.4 Å². The van der Waals surface area contributed by atoms with E-state index in [4.69, 9.17) is 4.74 Å². The van der Waals surface area contributed by atoms with Gasteiger partial charge in [0.15, 0.2) is 0 Å². The molecule has 1 amide bonds. The van der Waals surface area contributed by atoms with Crippen LogP contribution in [0.5, 0.6) is 0 Å². The van der Waals surface area contributed by atoms with E-state index in [0.717, 1.165) is 10.8 Å². The first-order valence-electron chi connectivity index (χ1n) is 15.0. The number of hydrogen-bond donors (Lipinski definition) is 1. The first-order chi connectivity index (χ1) is 20.0. The summed E-state index contributed by atoms with van der Waals surface area (Å²) in [6, 6.07) is 30.9. The molecular weight excluding hydrogens is 536 g/mol. The highest BCUT2D eigenvalue weighted by Crippen LogP contribution is 2.27. The van der Waals surface area contributed by atoms with Crippen molar-refractivity contribution in [2.24, 2.45) is 0 Å². The van der Waals surface area contributed by atoms with Crippen molar-refractivity contribution in [3.05, 3.63) is 125 Å². The Balaban J connectivity index is 2.06. The van der Waals surface area contributed by atoms with Gasteiger partial charge in [-0.25, -0.2) is 4.79 Å². The zero-order valence-corrected chi connectivity index (χ0v) is 27.3. The average molecular weight is 585 g/mol. The molecular formula is C36H48N2O3Si. The third-order valence-corrected chi connectivity index (χ3v) is 9.44. The summed E-state index contributed by atoms with van der Waals surface area (Å²) in [4.78, 5) is 16.9. The van der Waals surface area contributed by atoms with Crippen LogP contribution >= 0.6 is 0 Å². The Morgan fingerprint density at radius 3 is 1.62 bits per heavy atom. The van der Waals surface area contributed by atoms with Gasteiger partial charge in [-0.3, -0.25) is 4.90 Å². The highest BCUT2D eigenvalue weighted by molar-refractivity contribution is 6.83. The number of carbonyl (C=O) groups is 1. The Morgan fingerprint density at radius 2 is 1.21 bits per heavy atom. The topological polar surface area (TPSA) is 53.0 Å². The molecule has 3 rings (SSSR count). The number of ether oxygens (including phenoxy) is 1. The molecule has 0 aliphatic heterocycles. The van der Waals surface area contributed by atoms with Gasteiger partial charge in [-0.15, -0.1) is 0 Å². The summed E-state index contributed by atoms with van der Waals surface area (Å²) in [5.41, 5.74) is 6.80. The molecule has 6 heteroatoms. The fraction of sp³-hybridized carbons (Fsp3) is 0.389. The molecule has 0 unspecified atom stereocenters. The highest BCUT2D eigenvalue weighted by Gasteiger charge is 2.35. The predicted octanol–water partition coefficient (Wildman–Crippen LogP) is 7.83. The maximum absolute atomic E-state index is 12.9. The van der Waals surface area contributed by atoms with E-state index in [9.17, 15) is 9.90 Å². The smallest absolute Gasteiger partial charge is 0.410 e. The van der Waals surface area contributed by atoms with E-state index in [1.165, 1.54) is 17.4 Å². The van der Waals surface area contributed by atoms with Gasteiger partial charge in [0.1, 0.15) is 6.26 Å². The lowest BCUT2D eigenvalue weighted by Crippen LogP contribution is -2.48. The first-order valence-corrected chi connectivity index (χ1v) is 18.5. The van der Waals surface area contributed by atoms with Crippen LogP contribution in [-0.4, -0.2) is 53.3 Å². The molecule has 224 valence electrons. The van der Waals surface area contributed by atoms with E-state index < -0.39 is 20.3 Å². The fourth-order valence-corrected chi connectivity index (χ4v) is 6.95. The minimum atomic E-state index is -2.11. The zero-order chi connectivity index (χ0) is 30.7. The standard InChI is InChI=1S/C36H48N2O3Si/c1-28(2)38(29(3)4)36(40)41-24-23-34(42(5,6)7)35(39)33(25-30-17-11-8-12-18-30)37(26-31-19-13-9-14-20-31)27-32-21-15-10-16-22-32/h8-22,24,28-29,33,35,39H,25-27H2,1-7H3/t23?,33-,35+/m0/s1. The Morgan fingerprint density at radius 1 is 0.786 bits per heavy atom. The average Bonchev–Trinajstić information content (AvgIpc) is 2.94. The van der Waals surface area contributed by atoms with Gasteiger partial charge in [0.25, 0.3) is 0 Å². The van der Waals surface area contributed by atoms with Crippen molar-refractivity contribution in [2.75, 3.05) is 0 Å². The molecule has 0 aromatic heterocycles. The Bertz CT molecular complexity index is 1250. The number of rotatable bonds is 13. The van der Waals surface area contributed by atoms with Crippen LogP contribution in [0.25, 0.3) is 0 Å². The van der Waals surface area contributed by atoms with Crippen molar-refractivity contribution in [3.63, 3.8) is 0 Å². The minimum Gasteiger partial charge on any atom is -0.410 e. The first kappa shape index (κ1) is 33.1. The summed E-state index contributed by atoms with van der Waals surface area (Å²) in [5, 5.41) is 13.1. The van der Waals surface area contributed by atoms with Crippen LogP contribution in [0.2, 0.25) is 19.6 Å².